The predicted octanol–water partition coefficient (Wildman–Crippen LogP) is 1.45. The molecule has 0 saturated carbocycles. The van der Waals surface area contributed by atoms with E-state index < -0.39 is 5.82 Å². The number of para-hydroxylation sites is 1. The van der Waals surface area contributed by atoms with Crippen LogP contribution >= 0.6 is 0 Å². The third kappa shape index (κ3) is 1.56. The molecule has 15 heavy (non-hydrogen) atoms. The number of nitrogens with zero attached hydrogens (tertiary/aromatic N) is 1. The monoisotopic (exact) mass is 207 g/mol. The van der Waals surface area contributed by atoms with Crippen LogP contribution in [0.15, 0.2) is 18.2 Å². The molecule has 1 aromatic heterocycles. The molecule has 0 unspecified atom stereocenters. The molecule has 4 nitrogen and oxygen atoms in total. The summed E-state index contributed by atoms with van der Waals surface area (Å²) < 4.78 is 13.2. The fourth-order valence-electron chi connectivity index (χ4n) is 1.42. The van der Waals surface area contributed by atoms with Crippen molar-refractivity contribution in [3.05, 3.63) is 29.7 Å². The Morgan fingerprint density at radius 1 is 1.60 bits per heavy atom. The number of aromatic nitrogens is 2. The van der Waals surface area contributed by atoms with Crippen LogP contribution < -0.4 is 5.32 Å². The number of H-pyrrole nitrogens is 1. The van der Waals surface area contributed by atoms with E-state index in [0.717, 1.165) is 0 Å². The first kappa shape index (κ1) is 9.64. The van der Waals surface area contributed by atoms with E-state index in [1.807, 2.05) is 6.92 Å². The number of halogens is 1. The summed E-state index contributed by atoms with van der Waals surface area (Å²) in [6.07, 6.45) is 0. The normalized spacial score (nSPS) is 10.5. The van der Waals surface area contributed by atoms with Crippen molar-refractivity contribution in [2.24, 2.45) is 0 Å². The second-order valence-corrected chi connectivity index (χ2v) is 3.09. The van der Waals surface area contributed by atoms with E-state index in [4.69, 9.17) is 0 Å². The van der Waals surface area contributed by atoms with Gasteiger partial charge in [-0.1, -0.05) is 12.1 Å². The van der Waals surface area contributed by atoms with Crippen molar-refractivity contribution >= 4 is 16.8 Å². The average Bonchev–Trinajstić information content (AvgIpc) is 2.63. The summed E-state index contributed by atoms with van der Waals surface area (Å²) >= 11 is 0. The van der Waals surface area contributed by atoms with Gasteiger partial charge >= 0.3 is 0 Å². The fraction of sp³-hybridized carbons (Fsp3) is 0.200. The Kier molecular flexibility index (Phi) is 2.37. The number of hydrogen-bond donors (Lipinski definition) is 2. The van der Waals surface area contributed by atoms with Crippen LogP contribution in [0, 0.1) is 5.82 Å². The third-order valence-electron chi connectivity index (χ3n) is 2.10. The van der Waals surface area contributed by atoms with Gasteiger partial charge in [0.25, 0.3) is 5.91 Å². The van der Waals surface area contributed by atoms with E-state index in [1.54, 1.807) is 12.1 Å². The molecule has 0 atom stereocenters. The molecule has 0 aliphatic rings. The maximum absolute atomic E-state index is 13.2. The summed E-state index contributed by atoms with van der Waals surface area (Å²) in [5.74, 6) is -0.704. The summed E-state index contributed by atoms with van der Waals surface area (Å²) in [6.45, 7) is 2.34. The highest BCUT2D eigenvalue weighted by Crippen LogP contribution is 2.18. The maximum atomic E-state index is 13.2. The fourth-order valence-corrected chi connectivity index (χ4v) is 1.42. The van der Waals surface area contributed by atoms with Crippen molar-refractivity contribution in [1.82, 2.24) is 15.5 Å². The molecular formula is C10H10FN3O. The van der Waals surface area contributed by atoms with E-state index >= 15 is 0 Å². The van der Waals surface area contributed by atoms with Crippen LogP contribution in [-0.2, 0) is 0 Å². The lowest BCUT2D eigenvalue weighted by Crippen LogP contribution is -2.23. The Balaban J connectivity index is 2.54. The number of carbonyl (C=O) groups excluding carboxylic acids is 1. The molecule has 2 N–H and O–H groups in total. The quantitative estimate of drug-likeness (QED) is 0.783. The molecule has 0 fully saturated rings. The first-order chi connectivity index (χ1) is 7.24. The molecule has 1 aromatic carbocycles. The van der Waals surface area contributed by atoms with Crippen LogP contribution in [0.4, 0.5) is 4.39 Å². The zero-order valence-electron chi connectivity index (χ0n) is 8.17. The van der Waals surface area contributed by atoms with Gasteiger partial charge in [-0.3, -0.25) is 9.89 Å². The first-order valence-corrected chi connectivity index (χ1v) is 4.64. The Morgan fingerprint density at radius 2 is 2.40 bits per heavy atom. The number of hydrogen-bond acceptors (Lipinski definition) is 2. The molecule has 1 amide bonds. The van der Waals surface area contributed by atoms with Crippen LogP contribution in [0.2, 0.25) is 0 Å². The van der Waals surface area contributed by atoms with Gasteiger partial charge in [0.05, 0.1) is 0 Å². The predicted molar refractivity (Wildman–Crippen MR) is 54.1 cm³/mol. The molecule has 0 spiro atoms. The molecule has 2 rings (SSSR count). The van der Waals surface area contributed by atoms with Gasteiger partial charge in [0.1, 0.15) is 11.2 Å². The van der Waals surface area contributed by atoms with Crippen LogP contribution in [-0.4, -0.2) is 22.6 Å². The number of fused-ring (bicyclic) bond motifs is 1. The van der Waals surface area contributed by atoms with Crippen molar-refractivity contribution in [2.45, 2.75) is 6.92 Å². The van der Waals surface area contributed by atoms with E-state index in [-0.39, 0.29) is 11.4 Å². The smallest absolute Gasteiger partial charge is 0.269 e. The molecule has 0 aliphatic heterocycles. The molecule has 0 radical (unpaired) electrons. The molecule has 0 aliphatic carbocycles. The Labute approximate surface area is 85.5 Å². The molecular weight excluding hydrogens is 197 g/mol. The van der Waals surface area contributed by atoms with Crippen molar-refractivity contribution < 1.29 is 9.18 Å². The van der Waals surface area contributed by atoms with Gasteiger partial charge in [-0.05, 0) is 13.0 Å². The Hall–Kier alpha value is -1.91. The highest BCUT2D eigenvalue weighted by atomic mass is 19.1. The molecule has 78 valence electrons. The van der Waals surface area contributed by atoms with Gasteiger partial charge in [0.15, 0.2) is 5.82 Å². The lowest BCUT2D eigenvalue weighted by Gasteiger charge is -1.98. The highest BCUT2D eigenvalue weighted by Gasteiger charge is 2.14. The molecule has 1 heterocycles. The Bertz CT molecular complexity index is 506. The number of rotatable bonds is 2. The van der Waals surface area contributed by atoms with Gasteiger partial charge in [-0.15, -0.1) is 0 Å². The van der Waals surface area contributed by atoms with Gasteiger partial charge in [-0.25, -0.2) is 4.39 Å². The van der Waals surface area contributed by atoms with E-state index in [9.17, 15) is 9.18 Å². The SMILES string of the molecule is CCNC(=O)c1[nH]nc2c(F)cccc12. The van der Waals surface area contributed by atoms with E-state index in [2.05, 4.69) is 15.5 Å². The number of nitrogens with one attached hydrogen (secondary N) is 2. The summed E-state index contributed by atoms with van der Waals surface area (Å²) in [5, 5.41) is 9.43. The minimum absolute atomic E-state index is 0.193. The summed E-state index contributed by atoms with van der Waals surface area (Å²) in [5.41, 5.74) is 0.491. The van der Waals surface area contributed by atoms with Crippen molar-refractivity contribution in [3.63, 3.8) is 0 Å². The maximum Gasteiger partial charge on any atom is 0.269 e. The van der Waals surface area contributed by atoms with Gasteiger partial charge in [0.2, 0.25) is 0 Å². The van der Waals surface area contributed by atoms with Crippen LogP contribution in [0.1, 0.15) is 17.4 Å². The lowest BCUT2D eigenvalue weighted by molar-refractivity contribution is 0.0952. The lowest BCUT2D eigenvalue weighted by atomic mass is 10.2. The van der Waals surface area contributed by atoms with Gasteiger partial charge in [-0.2, -0.15) is 5.10 Å². The number of carbonyl (C=O) groups is 1. The standard InChI is InChI=1S/C10H10FN3O/c1-2-12-10(15)9-6-4-3-5-7(11)8(6)13-14-9/h3-5H,2H2,1H3,(H,12,15)(H,13,14). The Morgan fingerprint density at radius 3 is 3.13 bits per heavy atom. The summed E-state index contributed by atoms with van der Waals surface area (Å²) in [4.78, 5) is 11.5. The average molecular weight is 207 g/mol. The zero-order chi connectivity index (χ0) is 10.8. The molecule has 0 bridgehead atoms. The molecule has 5 heteroatoms. The second kappa shape index (κ2) is 3.68. The summed E-state index contributed by atoms with van der Waals surface area (Å²) in [7, 11) is 0. The zero-order valence-corrected chi connectivity index (χ0v) is 8.17. The molecule has 2 aromatic rings. The van der Waals surface area contributed by atoms with Crippen molar-refractivity contribution in [1.29, 1.82) is 0 Å². The van der Waals surface area contributed by atoms with E-state index in [0.29, 0.717) is 17.6 Å². The van der Waals surface area contributed by atoms with Gasteiger partial charge in [0, 0.05) is 11.9 Å². The van der Waals surface area contributed by atoms with Crippen LogP contribution in [0.3, 0.4) is 0 Å². The topological polar surface area (TPSA) is 57.8 Å². The number of aromatic amines is 1. The van der Waals surface area contributed by atoms with Crippen molar-refractivity contribution in [3.8, 4) is 0 Å². The minimum Gasteiger partial charge on any atom is -0.351 e. The summed E-state index contributed by atoms with van der Waals surface area (Å²) in [6, 6.07) is 4.52. The highest BCUT2D eigenvalue weighted by molar-refractivity contribution is 6.04. The number of benzene rings is 1. The minimum atomic E-state index is -0.431. The van der Waals surface area contributed by atoms with Crippen LogP contribution in [0.5, 0.6) is 0 Å². The largest absolute Gasteiger partial charge is 0.351 e. The van der Waals surface area contributed by atoms with Crippen molar-refractivity contribution in [2.75, 3.05) is 6.54 Å². The number of amides is 1. The second-order valence-electron chi connectivity index (χ2n) is 3.09. The van der Waals surface area contributed by atoms with E-state index in [1.165, 1.54) is 6.07 Å². The van der Waals surface area contributed by atoms with Crippen LogP contribution in [0.25, 0.3) is 10.9 Å². The molecule has 0 saturated heterocycles. The third-order valence-corrected chi connectivity index (χ3v) is 2.10. The van der Waals surface area contributed by atoms with Gasteiger partial charge < -0.3 is 5.32 Å². The first-order valence-electron chi connectivity index (χ1n) is 4.64.